The minimum absolute atomic E-state index is 0.0799. The van der Waals surface area contributed by atoms with Crippen molar-refractivity contribution in [2.75, 3.05) is 32.8 Å². The Kier molecular flexibility index (Phi) is 5.59. The summed E-state index contributed by atoms with van der Waals surface area (Å²) in [7, 11) is 0. The quantitative estimate of drug-likeness (QED) is 0.824. The number of piperazine rings is 1. The highest BCUT2D eigenvalue weighted by Crippen LogP contribution is 2.10. The lowest BCUT2D eigenvalue weighted by Crippen LogP contribution is -2.51. The van der Waals surface area contributed by atoms with Crippen LogP contribution in [-0.4, -0.2) is 54.5 Å². The first kappa shape index (κ1) is 15.3. The summed E-state index contributed by atoms with van der Waals surface area (Å²) in [4.78, 5) is 16.1. The standard InChI is InChI=1S/C16H21N3O2/c1-14(13-17)18-8-10-19(11-9-18)16(20)7-12-21-15-5-3-2-4-6-15/h2-6,14H,7-12H2,1H3. The van der Waals surface area contributed by atoms with Gasteiger partial charge in [0, 0.05) is 26.2 Å². The second kappa shape index (κ2) is 7.65. The summed E-state index contributed by atoms with van der Waals surface area (Å²) >= 11 is 0. The van der Waals surface area contributed by atoms with Gasteiger partial charge in [-0.1, -0.05) is 18.2 Å². The van der Waals surface area contributed by atoms with Crippen molar-refractivity contribution in [1.29, 1.82) is 5.26 Å². The molecule has 0 N–H and O–H groups in total. The molecule has 5 nitrogen and oxygen atoms in total. The summed E-state index contributed by atoms with van der Waals surface area (Å²) in [6.45, 7) is 5.20. The van der Waals surface area contributed by atoms with Gasteiger partial charge in [-0.3, -0.25) is 9.69 Å². The number of para-hydroxylation sites is 1. The molecule has 1 aromatic carbocycles. The van der Waals surface area contributed by atoms with Crippen molar-refractivity contribution in [1.82, 2.24) is 9.80 Å². The maximum atomic E-state index is 12.1. The third kappa shape index (κ3) is 4.47. The largest absolute Gasteiger partial charge is 0.493 e. The van der Waals surface area contributed by atoms with Crippen LogP contribution >= 0.6 is 0 Å². The molecule has 1 heterocycles. The molecule has 112 valence electrons. The summed E-state index contributed by atoms with van der Waals surface area (Å²) in [5.74, 6) is 0.910. The number of nitriles is 1. The zero-order chi connectivity index (χ0) is 15.1. The lowest BCUT2D eigenvalue weighted by atomic mass is 10.2. The highest BCUT2D eigenvalue weighted by atomic mass is 16.5. The van der Waals surface area contributed by atoms with Gasteiger partial charge in [-0.2, -0.15) is 5.26 Å². The molecule has 0 bridgehead atoms. The van der Waals surface area contributed by atoms with Crippen LogP contribution in [-0.2, 0) is 4.79 Å². The number of ether oxygens (including phenoxy) is 1. The van der Waals surface area contributed by atoms with Gasteiger partial charge in [0.2, 0.25) is 5.91 Å². The van der Waals surface area contributed by atoms with E-state index in [9.17, 15) is 4.79 Å². The van der Waals surface area contributed by atoms with Gasteiger partial charge in [-0.05, 0) is 19.1 Å². The maximum Gasteiger partial charge on any atom is 0.226 e. The zero-order valence-electron chi connectivity index (χ0n) is 12.4. The van der Waals surface area contributed by atoms with E-state index in [-0.39, 0.29) is 11.9 Å². The molecule has 1 aliphatic heterocycles. The summed E-state index contributed by atoms with van der Waals surface area (Å²) in [6.07, 6.45) is 0.392. The van der Waals surface area contributed by atoms with Crippen LogP contribution in [0.4, 0.5) is 0 Å². The average Bonchev–Trinajstić information content (AvgIpc) is 2.55. The predicted molar refractivity (Wildman–Crippen MR) is 79.8 cm³/mol. The number of rotatable bonds is 5. The SMILES string of the molecule is CC(C#N)N1CCN(C(=O)CCOc2ccccc2)CC1. The van der Waals surface area contributed by atoms with E-state index in [1.165, 1.54) is 0 Å². The fourth-order valence-electron chi connectivity index (χ4n) is 2.37. The predicted octanol–water partition coefficient (Wildman–Crippen LogP) is 1.51. The van der Waals surface area contributed by atoms with E-state index in [4.69, 9.17) is 10.00 Å². The molecule has 1 unspecified atom stereocenters. The third-order valence-corrected chi connectivity index (χ3v) is 3.73. The number of benzene rings is 1. The highest BCUT2D eigenvalue weighted by Gasteiger charge is 2.23. The van der Waals surface area contributed by atoms with E-state index in [1.54, 1.807) is 0 Å². The fraction of sp³-hybridized carbons (Fsp3) is 0.500. The average molecular weight is 287 g/mol. The van der Waals surface area contributed by atoms with Crippen molar-refractivity contribution in [3.63, 3.8) is 0 Å². The molecule has 0 radical (unpaired) electrons. The zero-order valence-corrected chi connectivity index (χ0v) is 12.4. The fourth-order valence-corrected chi connectivity index (χ4v) is 2.37. The molecule has 1 fully saturated rings. The Hall–Kier alpha value is -2.06. The van der Waals surface area contributed by atoms with Gasteiger partial charge in [0.25, 0.3) is 0 Å². The summed E-state index contributed by atoms with van der Waals surface area (Å²) < 4.78 is 5.54. The minimum atomic E-state index is -0.0799. The summed E-state index contributed by atoms with van der Waals surface area (Å²) in [6, 6.07) is 11.7. The number of carbonyl (C=O) groups is 1. The van der Waals surface area contributed by atoms with Crippen LogP contribution in [0.5, 0.6) is 5.75 Å². The van der Waals surface area contributed by atoms with E-state index in [2.05, 4.69) is 11.0 Å². The second-order valence-corrected chi connectivity index (χ2v) is 5.13. The molecule has 0 aromatic heterocycles. The molecule has 21 heavy (non-hydrogen) atoms. The van der Waals surface area contributed by atoms with Gasteiger partial charge >= 0.3 is 0 Å². The van der Waals surface area contributed by atoms with E-state index in [1.807, 2.05) is 42.2 Å². The molecular formula is C16H21N3O2. The Morgan fingerprint density at radius 2 is 1.95 bits per heavy atom. The first-order valence-corrected chi connectivity index (χ1v) is 7.30. The second-order valence-electron chi connectivity index (χ2n) is 5.13. The van der Waals surface area contributed by atoms with Crippen molar-refractivity contribution in [2.24, 2.45) is 0 Å². The Bertz CT molecular complexity index is 490. The van der Waals surface area contributed by atoms with Crippen LogP contribution in [0.2, 0.25) is 0 Å². The normalized spacial score (nSPS) is 17.0. The summed E-state index contributed by atoms with van der Waals surface area (Å²) in [5, 5.41) is 8.90. The van der Waals surface area contributed by atoms with Gasteiger partial charge in [-0.15, -0.1) is 0 Å². The van der Waals surface area contributed by atoms with E-state index in [0.29, 0.717) is 26.1 Å². The number of amides is 1. The van der Waals surface area contributed by atoms with Crippen LogP contribution in [0.25, 0.3) is 0 Å². The molecule has 1 aromatic rings. The van der Waals surface area contributed by atoms with E-state index < -0.39 is 0 Å². The lowest BCUT2D eigenvalue weighted by Gasteiger charge is -2.35. The van der Waals surface area contributed by atoms with Crippen molar-refractivity contribution < 1.29 is 9.53 Å². The lowest BCUT2D eigenvalue weighted by molar-refractivity contribution is -0.133. The smallest absolute Gasteiger partial charge is 0.226 e. The molecule has 0 aliphatic carbocycles. The maximum absolute atomic E-state index is 12.1. The molecule has 0 spiro atoms. The first-order chi connectivity index (χ1) is 10.2. The molecule has 1 aliphatic rings. The monoisotopic (exact) mass is 287 g/mol. The first-order valence-electron chi connectivity index (χ1n) is 7.30. The van der Waals surface area contributed by atoms with E-state index >= 15 is 0 Å². The van der Waals surface area contributed by atoms with Gasteiger partial charge < -0.3 is 9.64 Å². The van der Waals surface area contributed by atoms with Crippen LogP contribution in [0.1, 0.15) is 13.3 Å². The Balaban J connectivity index is 1.69. The topological polar surface area (TPSA) is 56.6 Å². The summed E-state index contributed by atoms with van der Waals surface area (Å²) in [5.41, 5.74) is 0. The van der Waals surface area contributed by atoms with Crippen molar-refractivity contribution in [3.05, 3.63) is 30.3 Å². The number of nitrogens with zero attached hydrogens (tertiary/aromatic N) is 3. The van der Waals surface area contributed by atoms with Crippen LogP contribution in [0, 0.1) is 11.3 Å². The number of hydrogen-bond donors (Lipinski definition) is 0. The van der Waals surface area contributed by atoms with Gasteiger partial charge in [0.15, 0.2) is 0 Å². The minimum Gasteiger partial charge on any atom is -0.493 e. The van der Waals surface area contributed by atoms with Crippen molar-refractivity contribution in [3.8, 4) is 11.8 Å². The van der Waals surface area contributed by atoms with Gasteiger partial charge in [-0.25, -0.2) is 0 Å². The molecule has 1 saturated heterocycles. The van der Waals surface area contributed by atoms with Crippen LogP contribution in [0.15, 0.2) is 30.3 Å². The molecule has 1 atom stereocenters. The third-order valence-electron chi connectivity index (χ3n) is 3.73. The number of carbonyl (C=O) groups excluding carboxylic acids is 1. The van der Waals surface area contributed by atoms with Gasteiger partial charge in [0.05, 0.1) is 25.1 Å². The molecule has 0 saturated carbocycles. The van der Waals surface area contributed by atoms with Crippen molar-refractivity contribution in [2.45, 2.75) is 19.4 Å². The van der Waals surface area contributed by atoms with Crippen LogP contribution in [0.3, 0.4) is 0 Å². The Morgan fingerprint density at radius 3 is 2.57 bits per heavy atom. The molecule has 1 amide bonds. The van der Waals surface area contributed by atoms with E-state index in [0.717, 1.165) is 18.8 Å². The Labute approximate surface area is 125 Å². The van der Waals surface area contributed by atoms with Crippen LogP contribution < -0.4 is 4.74 Å². The van der Waals surface area contributed by atoms with Crippen molar-refractivity contribution >= 4 is 5.91 Å². The number of hydrogen-bond acceptors (Lipinski definition) is 4. The molecule has 2 rings (SSSR count). The molecule has 5 heteroatoms. The Morgan fingerprint density at radius 1 is 1.29 bits per heavy atom. The highest BCUT2D eigenvalue weighted by molar-refractivity contribution is 5.76. The van der Waals surface area contributed by atoms with Gasteiger partial charge in [0.1, 0.15) is 5.75 Å². The molecular weight excluding hydrogens is 266 g/mol.